The van der Waals surface area contributed by atoms with Crippen molar-refractivity contribution >= 4 is 0 Å². The van der Waals surface area contributed by atoms with Gasteiger partial charge in [0, 0.05) is 6.04 Å². The van der Waals surface area contributed by atoms with Gasteiger partial charge < -0.3 is 5.73 Å². The minimum atomic E-state index is 0.259. The van der Waals surface area contributed by atoms with Crippen molar-refractivity contribution in [3.63, 3.8) is 0 Å². The zero-order valence-electron chi connectivity index (χ0n) is 5.52. The largest absolute Gasteiger partial charge is 0.325 e. The summed E-state index contributed by atoms with van der Waals surface area (Å²) in [4.78, 5) is 0. The van der Waals surface area contributed by atoms with E-state index < -0.39 is 0 Å². The zero-order chi connectivity index (χ0) is 6.15. The van der Waals surface area contributed by atoms with Gasteiger partial charge in [0.25, 0.3) is 0 Å². The summed E-state index contributed by atoms with van der Waals surface area (Å²) in [5.74, 6) is 0.834. The van der Waals surface area contributed by atoms with Crippen LogP contribution in [0, 0.1) is 5.92 Å². The molecule has 1 aliphatic rings. The first-order valence-electron chi connectivity index (χ1n) is 3.16. The van der Waals surface area contributed by atoms with E-state index >= 15 is 0 Å². The fraction of sp³-hybridized carbons (Fsp3) is 0.714. The van der Waals surface area contributed by atoms with E-state index in [1.54, 1.807) is 5.57 Å². The summed E-state index contributed by atoms with van der Waals surface area (Å²) in [7, 11) is 0. The molecule has 0 radical (unpaired) electrons. The third-order valence-corrected chi connectivity index (χ3v) is 1.49. The molecule has 1 saturated carbocycles. The second-order valence-electron chi connectivity index (χ2n) is 2.71. The van der Waals surface area contributed by atoms with Gasteiger partial charge in [0.05, 0.1) is 0 Å². The Balaban J connectivity index is 2.36. The summed E-state index contributed by atoms with van der Waals surface area (Å²) >= 11 is 0. The Morgan fingerprint density at radius 3 is 2.50 bits per heavy atom. The molecule has 1 nitrogen and oxygen atoms in total. The minimum absolute atomic E-state index is 0.259. The van der Waals surface area contributed by atoms with E-state index in [9.17, 15) is 0 Å². The number of hydrogen-bond donors (Lipinski definition) is 1. The van der Waals surface area contributed by atoms with Crippen LogP contribution in [-0.4, -0.2) is 6.04 Å². The molecule has 0 bridgehead atoms. The molecule has 1 aliphatic carbocycles. The SMILES string of the molecule is CC1C/C1=C\[C@@H](C)N. The number of nitrogens with two attached hydrogens (primary N) is 1. The van der Waals surface area contributed by atoms with Crippen LogP contribution in [0.25, 0.3) is 0 Å². The maximum Gasteiger partial charge on any atom is 0.0197 e. The Hall–Kier alpha value is -0.300. The van der Waals surface area contributed by atoms with Crippen molar-refractivity contribution in [2.75, 3.05) is 0 Å². The van der Waals surface area contributed by atoms with Gasteiger partial charge in [-0.05, 0) is 19.3 Å². The summed E-state index contributed by atoms with van der Waals surface area (Å²) < 4.78 is 0. The molecule has 2 atom stereocenters. The van der Waals surface area contributed by atoms with E-state index in [4.69, 9.17) is 5.73 Å². The van der Waals surface area contributed by atoms with Gasteiger partial charge >= 0.3 is 0 Å². The first kappa shape index (κ1) is 5.83. The summed E-state index contributed by atoms with van der Waals surface area (Å²) in [5.41, 5.74) is 7.06. The predicted molar refractivity (Wildman–Crippen MR) is 35.5 cm³/mol. The lowest BCUT2D eigenvalue weighted by Crippen LogP contribution is -2.10. The fourth-order valence-electron chi connectivity index (χ4n) is 0.865. The van der Waals surface area contributed by atoms with Crippen LogP contribution >= 0.6 is 0 Å². The van der Waals surface area contributed by atoms with Gasteiger partial charge in [-0.3, -0.25) is 0 Å². The average molecular weight is 111 g/mol. The van der Waals surface area contributed by atoms with Crippen LogP contribution in [0.3, 0.4) is 0 Å². The Kier molecular flexibility index (Phi) is 1.39. The van der Waals surface area contributed by atoms with Crippen molar-refractivity contribution in [1.29, 1.82) is 0 Å². The fourth-order valence-corrected chi connectivity index (χ4v) is 0.865. The number of rotatable bonds is 1. The Morgan fingerprint density at radius 2 is 2.38 bits per heavy atom. The van der Waals surface area contributed by atoms with Crippen molar-refractivity contribution in [3.05, 3.63) is 11.6 Å². The highest BCUT2D eigenvalue weighted by molar-refractivity contribution is 5.23. The molecule has 46 valence electrons. The average Bonchev–Trinajstić information content (AvgIpc) is 2.17. The van der Waals surface area contributed by atoms with Crippen LogP contribution in [0.15, 0.2) is 11.6 Å². The highest BCUT2D eigenvalue weighted by Gasteiger charge is 2.23. The number of allylic oxidation sites excluding steroid dienone is 1. The van der Waals surface area contributed by atoms with Gasteiger partial charge in [-0.2, -0.15) is 0 Å². The molecule has 0 heterocycles. The Morgan fingerprint density at radius 1 is 1.88 bits per heavy atom. The van der Waals surface area contributed by atoms with E-state index in [1.165, 1.54) is 6.42 Å². The molecule has 0 amide bonds. The molecular weight excluding hydrogens is 98.1 g/mol. The molecule has 0 saturated heterocycles. The quantitative estimate of drug-likeness (QED) is 0.507. The Bertz CT molecular complexity index is 114. The zero-order valence-corrected chi connectivity index (χ0v) is 5.52. The predicted octanol–water partition coefficient (Wildman–Crippen LogP) is 1.30. The van der Waals surface area contributed by atoms with Crippen LogP contribution in [0.2, 0.25) is 0 Å². The van der Waals surface area contributed by atoms with Crippen LogP contribution < -0.4 is 5.73 Å². The first-order valence-corrected chi connectivity index (χ1v) is 3.16. The lowest BCUT2D eigenvalue weighted by atomic mass is 10.3. The third kappa shape index (κ3) is 1.34. The molecule has 1 fully saturated rings. The van der Waals surface area contributed by atoms with E-state index in [0.29, 0.717) is 0 Å². The highest BCUT2D eigenvalue weighted by atomic mass is 14.6. The van der Waals surface area contributed by atoms with Gasteiger partial charge in [-0.25, -0.2) is 0 Å². The standard InChI is InChI=1S/C7H13N/c1-5-3-7(5)4-6(2)8/h4-6H,3,8H2,1-2H3/b7-4+/t5?,6-/m1/s1. The molecule has 2 N–H and O–H groups in total. The minimum Gasteiger partial charge on any atom is -0.325 e. The van der Waals surface area contributed by atoms with Crippen LogP contribution in [0.1, 0.15) is 20.3 Å². The molecule has 1 rings (SSSR count). The second-order valence-corrected chi connectivity index (χ2v) is 2.71. The molecule has 0 aromatic heterocycles. The van der Waals surface area contributed by atoms with Crippen molar-refractivity contribution in [1.82, 2.24) is 0 Å². The van der Waals surface area contributed by atoms with Crippen molar-refractivity contribution in [2.24, 2.45) is 11.7 Å². The molecule has 0 spiro atoms. The van der Waals surface area contributed by atoms with Crippen LogP contribution in [0.5, 0.6) is 0 Å². The van der Waals surface area contributed by atoms with E-state index in [0.717, 1.165) is 5.92 Å². The molecule has 1 heteroatoms. The van der Waals surface area contributed by atoms with Crippen LogP contribution in [0.4, 0.5) is 0 Å². The van der Waals surface area contributed by atoms with Crippen LogP contribution in [-0.2, 0) is 0 Å². The summed E-state index contributed by atoms with van der Waals surface area (Å²) in [6.45, 7) is 4.24. The summed E-state index contributed by atoms with van der Waals surface area (Å²) in [5, 5.41) is 0. The molecule has 0 aromatic rings. The maximum absolute atomic E-state index is 5.52. The second kappa shape index (κ2) is 1.90. The van der Waals surface area contributed by atoms with E-state index in [1.807, 2.05) is 6.92 Å². The third-order valence-electron chi connectivity index (χ3n) is 1.49. The molecule has 1 unspecified atom stereocenters. The van der Waals surface area contributed by atoms with Gasteiger partial charge in [-0.15, -0.1) is 0 Å². The maximum atomic E-state index is 5.52. The topological polar surface area (TPSA) is 26.0 Å². The first-order chi connectivity index (χ1) is 3.70. The van der Waals surface area contributed by atoms with Gasteiger partial charge in [0.2, 0.25) is 0 Å². The van der Waals surface area contributed by atoms with Crippen molar-refractivity contribution in [2.45, 2.75) is 26.3 Å². The van der Waals surface area contributed by atoms with Crippen molar-refractivity contribution < 1.29 is 0 Å². The monoisotopic (exact) mass is 111 g/mol. The van der Waals surface area contributed by atoms with E-state index in [2.05, 4.69) is 13.0 Å². The molecule has 8 heavy (non-hydrogen) atoms. The molecule has 0 aromatic carbocycles. The normalized spacial score (nSPS) is 35.4. The van der Waals surface area contributed by atoms with Gasteiger partial charge in [-0.1, -0.05) is 18.6 Å². The summed E-state index contributed by atoms with van der Waals surface area (Å²) in [6, 6.07) is 0.259. The smallest absolute Gasteiger partial charge is 0.0197 e. The molecule has 0 aliphatic heterocycles. The molecular formula is C7H13N. The summed E-state index contributed by atoms with van der Waals surface area (Å²) in [6.07, 6.45) is 3.44. The van der Waals surface area contributed by atoms with Gasteiger partial charge in [0.1, 0.15) is 0 Å². The lowest BCUT2D eigenvalue weighted by molar-refractivity contribution is 0.916. The number of hydrogen-bond acceptors (Lipinski definition) is 1. The van der Waals surface area contributed by atoms with Gasteiger partial charge in [0.15, 0.2) is 0 Å². The van der Waals surface area contributed by atoms with E-state index in [-0.39, 0.29) is 6.04 Å². The highest BCUT2D eigenvalue weighted by Crippen LogP contribution is 2.36. The Labute approximate surface area is 50.6 Å². The van der Waals surface area contributed by atoms with Crippen molar-refractivity contribution in [3.8, 4) is 0 Å². The lowest BCUT2D eigenvalue weighted by Gasteiger charge is -1.90.